The summed E-state index contributed by atoms with van der Waals surface area (Å²) in [6.07, 6.45) is 3.72. The lowest BCUT2D eigenvalue weighted by Gasteiger charge is -2.06. The van der Waals surface area contributed by atoms with Crippen LogP contribution in [-0.4, -0.2) is 21.7 Å². The first-order valence-electron chi connectivity index (χ1n) is 8.04. The third kappa shape index (κ3) is 5.24. The van der Waals surface area contributed by atoms with Crippen LogP contribution in [0.25, 0.3) is 0 Å². The number of hydrogen-bond donors (Lipinski definition) is 1. The van der Waals surface area contributed by atoms with Gasteiger partial charge < -0.3 is 5.32 Å². The second kappa shape index (κ2) is 8.73. The number of carbonyl (C=O) groups is 2. The van der Waals surface area contributed by atoms with Gasteiger partial charge in [0, 0.05) is 35.8 Å². The Hall–Kier alpha value is -2.51. The van der Waals surface area contributed by atoms with Gasteiger partial charge in [-0.15, -0.1) is 11.3 Å². The summed E-state index contributed by atoms with van der Waals surface area (Å²) < 4.78 is 0. The van der Waals surface area contributed by atoms with Gasteiger partial charge in [0.15, 0.2) is 5.78 Å². The van der Waals surface area contributed by atoms with E-state index in [2.05, 4.69) is 15.3 Å². The van der Waals surface area contributed by atoms with Crippen molar-refractivity contribution in [1.82, 2.24) is 9.97 Å². The fourth-order valence-electron chi connectivity index (χ4n) is 2.22. The first kappa shape index (κ1) is 18.3. The van der Waals surface area contributed by atoms with E-state index in [1.807, 2.05) is 37.3 Å². The standard InChI is InChI=1S/C19H17N3O2S2/c1-13-5-7-16(25-13)15(23)6-8-17(24)22-14-9-11-21-19(12-14)26-18-4-2-3-10-20-18/h2-5,7,9-12H,6,8H2,1H3,(H,21,22,24). The molecule has 0 spiro atoms. The Bertz CT molecular complexity index is 910. The number of hydrogen-bond acceptors (Lipinski definition) is 6. The van der Waals surface area contributed by atoms with Crippen molar-refractivity contribution >= 4 is 40.5 Å². The number of ketones is 1. The second-order valence-electron chi connectivity index (χ2n) is 5.53. The third-order valence-electron chi connectivity index (χ3n) is 3.46. The fraction of sp³-hybridized carbons (Fsp3) is 0.158. The summed E-state index contributed by atoms with van der Waals surface area (Å²) in [5, 5.41) is 4.39. The first-order valence-corrected chi connectivity index (χ1v) is 9.68. The number of nitrogens with zero attached hydrogens (tertiary/aromatic N) is 2. The Morgan fingerprint density at radius 3 is 2.62 bits per heavy atom. The number of carbonyl (C=O) groups excluding carboxylic acids is 2. The molecule has 0 saturated carbocycles. The minimum atomic E-state index is -0.188. The van der Waals surface area contributed by atoms with E-state index < -0.39 is 0 Å². The molecule has 0 bridgehead atoms. The predicted molar refractivity (Wildman–Crippen MR) is 104 cm³/mol. The first-order chi connectivity index (χ1) is 12.6. The van der Waals surface area contributed by atoms with Gasteiger partial charge >= 0.3 is 0 Å². The number of pyridine rings is 2. The van der Waals surface area contributed by atoms with E-state index >= 15 is 0 Å². The topological polar surface area (TPSA) is 72.0 Å². The van der Waals surface area contributed by atoms with E-state index in [1.54, 1.807) is 24.5 Å². The molecule has 3 rings (SSSR count). The number of thiophene rings is 1. The van der Waals surface area contributed by atoms with E-state index in [0.717, 1.165) is 14.9 Å². The zero-order valence-corrected chi connectivity index (χ0v) is 15.8. The molecule has 0 aliphatic carbocycles. The van der Waals surface area contributed by atoms with Gasteiger partial charge in [0.1, 0.15) is 10.1 Å². The van der Waals surface area contributed by atoms with E-state index in [0.29, 0.717) is 10.6 Å². The molecule has 1 N–H and O–H groups in total. The van der Waals surface area contributed by atoms with Crippen LogP contribution in [0.2, 0.25) is 0 Å². The van der Waals surface area contributed by atoms with E-state index in [4.69, 9.17) is 0 Å². The van der Waals surface area contributed by atoms with Crippen molar-refractivity contribution in [3.63, 3.8) is 0 Å². The smallest absolute Gasteiger partial charge is 0.224 e. The van der Waals surface area contributed by atoms with Gasteiger partial charge in [0.05, 0.1) is 4.88 Å². The molecule has 132 valence electrons. The minimum absolute atomic E-state index is 0.000579. The third-order valence-corrected chi connectivity index (χ3v) is 5.38. The summed E-state index contributed by atoms with van der Waals surface area (Å²) >= 11 is 2.88. The molecule has 3 aromatic heterocycles. The van der Waals surface area contributed by atoms with Crippen LogP contribution in [0.4, 0.5) is 5.69 Å². The van der Waals surface area contributed by atoms with Crippen molar-refractivity contribution < 1.29 is 9.59 Å². The van der Waals surface area contributed by atoms with E-state index in [9.17, 15) is 9.59 Å². The number of anilines is 1. The summed E-state index contributed by atoms with van der Waals surface area (Å²) in [5.74, 6) is -0.189. The van der Waals surface area contributed by atoms with Crippen LogP contribution in [-0.2, 0) is 4.79 Å². The van der Waals surface area contributed by atoms with Gasteiger partial charge in [-0.25, -0.2) is 9.97 Å². The highest BCUT2D eigenvalue weighted by atomic mass is 32.2. The molecule has 0 radical (unpaired) electrons. The van der Waals surface area contributed by atoms with Crippen molar-refractivity contribution in [1.29, 1.82) is 0 Å². The Kier molecular flexibility index (Phi) is 6.14. The highest BCUT2D eigenvalue weighted by Crippen LogP contribution is 2.25. The number of rotatable bonds is 7. The average Bonchev–Trinajstić information content (AvgIpc) is 3.07. The molecule has 0 unspecified atom stereocenters. The number of amides is 1. The SMILES string of the molecule is Cc1ccc(C(=O)CCC(=O)Nc2ccnc(Sc3ccccn3)c2)s1. The molecule has 0 aromatic carbocycles. The van der Waals surface area contributed by atoms with E-state index in [1.165, 1.54) is 23.1 Å². The zero-order chi connectivity index (χ0) is 18.4. The van der Waals surface area contributed by atoms with Gasteiger partial charge in [0.2, 0.25) is 5.91 Å². The predicted octanol–water partition coefficient (Wildman–Crippen LogP) is 4.60. The molecule has 5 nitrogen and oxygen atoms in total. The molecule has 0 aliphatic heterocycles. The number of aromatic nitrogens is 2. The molecule has 0 atom stereocenters. The molecule has 0 fully saturated rings. The van der Waals surface area contributed by atoms with Crippen molar-refractivity contribution in [2.75, 3.05) is 5.32 Å². The molecular formula is C19H17N3O2S2. The van der Waals surface area contributed by atoms with Crippen molar-refractivity contribution in [3.05, 3.63) is 64.6 Å². The molecule has 7 heteroatoms. The number of nitrogens with one attached hydrogen (secondary N) is 1. The van der Waals surface area contributed by atoms with Gasteiger partial charge in [-0.3, -0.25) is 9.59 Å². The fourth-order valence-corrected chi connectivity index (χ4v) is 3.82. The van der Waals surface area contributed by atoms with Crippen LogP contribution >= 0.6 is 23.1 Å². The quantitative estimate of drug-likeness (QED) is 0.604. The van der Waals surface area contributed by atoms with Crippen LogP contribution in [0.5, 0.6) is 0 Å². The average molecular weight is 383 g/mol. The summed E-state index contributed by atoms with van der Waals surface area (Å²) in [6, 6.07) is 12.9. The molecule has 26 heavy (non-hydrogen) atoms. The van der Waals surface area contributed by atoms with Gasteiger partial charge in [-0.05, 0) is 43.3 Å². The largest absolute Gasteiger partial charge is 0.326 e. The maximum absolute atomic E-state index is 12.1. The molecule has 0 aliphatic rings. The summed E-state index contributed by atoms with van der Waals surface area (Å²) in [5.41, 5.74) is 0.655. The Labute approximate surface area is 159 Å². The maximum Gasteiger partial charge on any atom is 0.224 e. The summed E-state index contributed by atoms with van der Waals surface area (Å²) in [6.45, 7) is 1.96. The van der Waals surface area contributed by atoms with Crippen LogP contribution in [0.3, 0.4) is 0 Å². The summed E-state index contributed by atoms with van der Waals surface area (Å²) in [4.78, 5) is 34.5. The highest BCUT2D eigenvalue weighted by Gasteiger charge is 2.11. The number of aryl methyl sites for hydroxylation is 1. The maximum atomic E-state index is 12.1. The second-order valence-corrected chi connectivity index (χ2v) is 7.86. The van der Waals surface area contributed by atoms with Crippen molar-refractivity contribution in [3.8, 4) is 0 Å². The van der Waals surface area contributed by atoms with Crippen LogP contribution in [0.15, 0.2) is 64.9 Å². The number of Topliss-reactive ketones (excluding diaryl/α,β-unsaturated/α-hetero) is 1. The molecule has 1 amide bonds. The molecule has 0 saturated heterocycles. The highest BCUT2D eigenvalue weighted by molar-refractivity contribution is 7.99. The Balaban J connectivity index is 1.54. The summed E-state index contributed by atoms with van der Waals surface area (Å²) in [7, 11) is 0. The normalized spacial score (nSPS) is 10.5. The van der Waals surface area contributed by atoms with Crippen molar-refractivity contribution in [2.45, 2.75) is 29.8 Å². The van der Waals surface area contributed by atoms with Gasteiger partial charge in [-0.1, -0.05) is 17.8 Å². The monoisotopic (exact) mass is 383 g/mol. The Morgan fingerprint density at radius 2 is 1.88 bits per heavy atom. The van der Waals surface area contributed by atoms with Gasteiger partial charge in [-0.2, -0.15) is 0 Å². The Morgan fingerprint density at radius 1 is 1.04 bits per heavy atom. The van der Waals surface area contributed by atoms with E-state index in [-0.39, 0.29) is 24.5 Å². The molecule has 3 aromatic rings. The lowest BCUT2D eigenvalue weighted by atomic mass is 10.2. The van der Waals surface area contributed by atoms with Crippen molar-refractivity contribution in [2.24, 2.45) is 0 Å². The zero-order valence-electron chi connectivity index (χ0n) is 14.1. The van der Waals surface area contributed by atoms with Crippen LogP contribution in [0, 0.1) is 6.92 Å². The lowest BCUT2D eigenvalue weighted by Crippen LogP contribution is -2.13. The minimum Gasteiger partial charge on any atom is -0.326 e. The van der Waals surface area contributed by atoms with Crippen LogP contribution < -0.4 is 5.32 Å². The lowest BCUT2D eigenvalue weighted by molar-refractivity contribution is -0.116. The van der Waals surface area contributed by atoms with Gasteiger partial charge in [0.25, 0.3) is 0 Å². The molecular weight excluding hydrogens is 366 g/mol. The molecule has 3 heterocycles. The van der Waals surface area contributed by atoms with Crippen LogP contribution in [0.1, 0.15) is 27.4 Å².